The average Bonchev–Trinajstić information content (AvgIpc) is 3.36. The van der Waals surface area contributed by atoms with E-state index in [0.717, 1.165) is 55.7 Å². The predicted octanol–water partition coefficient (Wildman–Crippen LogP) is 2.79. The number of likely N-dealkylation sites (N-methyl/N-ethyl adjacent to an activating group) is 1. The number of imidazole rings is 1. The van der Waals surface area contributed by atoms with E-state index in [0.29, 0.717) is 48.0 Å². The molecular formula is C31H42N6O5. The lowest BCUT2D eigenvalue weighted by Gasteiger charge is -2.36. The number of piperazine rings is 1. The third kappa shape index (κ3) is 6.03. The van der Waals surface area contributed by atoms with Gasteiger partial charge in [0, 0.05) is 62.9 Å². The van der Waals surface area contributed by atoms with Gasteiger partial charge in [0.2, 0.25) is 11.7 Å². The molecule has 2 aliphatic rings. The molecule has 1 saturated carbocycles. The zero-order chi connectivity index (χ0) is 29.8. The third-order valence-corrected chi connectivity index (χ3v) is 8.50. The third-order valence-electron chi connectivity index (χ3n) is 8.50. The molecule has 0 atom stereocenters. The standard InChI is InChI=1S/C31H42N6O5/c1-32-30(38)22-15-23(16-22)37-25-17-20(31(39)33-9-6-10-36-13-11-35(2)12-14-36)7-8-24(25)34-29(37)21-18-26(40-3)28(42-5)27(19-21)41-4/h7-8,17-19,22-23H,6,9-16H2,1-5H3,(H,32,38)(H,33,39). The molecule has 0 bridgehead atoms. The second-order valence-corrected chi connectivity index (χ2v) is 11.1. The molecule has 1 aliphatic carbocycles. The van der Waals surface area contributed by atoms with Gasteiger partial charge in [-0.05, 0) is 63.2 Å². The lowest BCUT2D eigenvalue weighted by atomic mass is 9.79. The molecular weight excluding hydrogens is 536 g/mol. The van der Waals surface area contributed by atoms with E-state index in [1.165, 1.54) is 0 Å². The normalized spacial score (nSPS) is 19.3. The van der Waals surface area contributed by atoms with Crippen LogP contribution in [-0.4, -0.2) is 106 Å². The highest BCUT2D eigenvalue weighted by atomic mass is 16.5. The number of carbonyl (C=O) groups is 2. The molecule has 1 aliphatic heterocycles. The maximum atomic E-state index is 13.2. The molecule has 3 aromatic rings. The first-order chi connectivity index (χ1) is 20.4. The van der Waals surface area contributed by atoms with Crippen LogP contribution in [0.5, 0.6) is 17.2 Å². The van der Waals surface area contributed by atoms with Gasteiger partial charge in [-0.3, -0.25) is 9.59 Å². The molecule has 11 nitrogen and oxygen atoms in total. The van der Waals surface area contributed by atoms with E-state index in [4.69, 9.17) is 19.2 Å². The minimum atomic E-state index is -0.103. The fourth-order valence-electron chi connectivity index (χ4n) is 5.91. The largest absolute Gasteiger partial charge is 0.493 e. The van der Waals surface area contributed by atoms with Crippen LogP contribution in [0.2, 0.25) is 0 Å². The van der Waals surface area contributed by atoms with Gasteiger partial charge >= 0.3 is 0 Å². The molecule has 1 aromatic heterocycles. The number of benzene rings is 2. The van der Waals surface area contributed by atoms with Crippen LogP contribution in [0.4, 0.5) is 0 Å². The summed E-state index contributed by atoms with van der Waals surface area (Å²) in [5.74, 6) is 2.15. The Balaban J connectivity index is 1.42. The van der Waals surface area contributed by atoms with Gasteiger partial charge in [0.15, 0.2) is 11.5 Å². The molecule has 2 aromatic carbocycles. The minimum Gasteiger partial charge on any atom is -0.493 e. The van der Waals surface area contributed by atoms with E-state index >= 15 is 0 Å². The van der Waals surface area contributed by atoms with Crippen molar-refractivity contribution < 1.29 is 23.8 Å². The van der Waals surface area contributed by atoms with Gasteiger partial charge in [-0.25, -0.2) is 4.98 Å². The van der Waals surface area contributed by atoms with Crippen molar-refractivity contribution >= 4 is 22.8 Å². The maximum Gasteiger partial charge on any atom is 0.251 e. The van der Waals surface area contributed by atoms with E-state index in [9.17, 15) is 9.59 Å². The van der Waals surface area contributed by atoms with Crippen LogP contribution in [0.1, 0.15) is 35.7 Å². The molecule has 2 amide bonds. The van der Waals surface area contributed by atoms with Gasteiger partial charge in [-0.2, -0.15) is 0 Å². The lowest BCUT2D eigenvalue weighted by Crippen LogP contribution is -2.45. The fourth-order valence-corrected chi connectivity index (χ4v) is 5.91. The number of carbonyl (C=O) groups excluding carboxylic acids is 2. The summed E-state index contributed by atoms with van der Waals surface area (Å²) in [5.41, 5.74) is 3.00. The van der Waals surface area contributed by atoms with Crippen LogP contribution in [0.3, 0.4) is 0 Å². The zero-order valence-corrected chi connectivity index (χ0v) is 25.2. The molecule has 42 heavy (non-hydrogen) atoms. The second-order valence-electron chi connectivity index (χ2n) is 11.1. The number of rotatable bonds is 11. The first-order valence-electron chi connectivity index (χ1n) is 14.6. The predicted molar refractivity (Wildman–Crippen MR) is 162 cm³/mol. The molecule has 0 radical (unpaired) electrons. The highest BCUT2D eigenvalue weighted by Crippen LogP contribution is 2.45. The number of ether oxygens (including phenoxy) is 3. The Kier molecular flexibility index (Phi) is 9.18. The fraction of sp³-hybridized carbons (Fsp3) is 0.516. The molecule has 2 N–H and O–H groups in total. The first-order valence-corrected chi connectivity index (χ1v) is 14.6. The zero-order valence-electron chi connectivity index (χ0n) is 25.2. The summed E-state index contributed by atoms with van der Waals surface area (Å²) >= 11 is 0. The topological polar surface area (TPSA) is 110 Å². The van der Waals surface area contributed by atoms with Crippen molar-refractivity contribution in [3.05, 3.63) is 35.9 Å². The van der Waals surface area contributed by atoms with Crippen molar-refractivity contribution in [2.75, 3.05) is 74.7 Å². The van der Waals surface area contributed by atoms with Crippen LogP contribution in [0, 0.1) is 5.92 Å². The lowest BCUT2D eigenvalue weighted by molar-refractivity contribution is -0.128. The van der Waals surface area contributed by atoms with Crippen molar-refractivity contribution in [2.24, 2.45) is 5.92 Å². The van der Waals surface area contributed by atoms with Crippen LogP contribution in [0.15, 0.2) is 30.3 Å². The summed E-state index contributed by atoms with van der Waals surface area (Å²) < 4.78 is 18.9. The molecule has 11 heteroatoms. The summed E-state index contributed by atoms with van der Waals surface area (Å²) in [6.45, 7) is 5.91. The molecule has 0 unspecified atom stereocenters. The number of methoxy groups -OCH3 is 3. The van der Waals surface area contributed by atoms with Crippen molar-refractivity contribution in [3.8, 4) is 28.6 Å². The van der Waals surface area contributed by atoms with E-state index < -0.39 is 0 Å². The smallest absolute Gasteiger partial charge is 0.251 e. The van der Waals surface area contributed by atoms with Crippen LogP contribution in [0.25, 0.3) is 22.4 Å². The van der Waals surface area contributed by atoms with Gasteiger partial charge in [0.1, 0.15) is 5.82 Å². The highest BCUT2D eigenvalue weighted by Gasteiger charge is 2.37. The van der Waals surface area contributed by atoms with Gasteiger partial charge in [0.25, 0.3) is 5.91 Å². The summed E-state index contributed by atoms with van der Waals surface area (Å²) in [6.07, 6.45) is 2.28. The number of hydrogen-bond acceptors (Lipinski definition) is 8. The van der Waals surface area contributed by atoms with E-state index in [1.807, 2.05) is 30.3 Å². The SMILES string of the molecule is CNC(=O)C1CC(n2c(-c3cc(OC)c(OC)c(OC)c3)nc3ccc(C(=O)NCCCN4CCN(C)CC4)cc32)C1. The second kappa shape index (κ2) is 13.0. The Morgan fingerprint density at radius 2 is 1.67 bits per heavy atom. The Morgan fingerprint density at radius 1 is 0.976 bits per heavy atom. The van der Waals surface area contributed by atoms with Gasteiger partial charge in [0.05, 0.1) is 32.4 Å². The van der Waals surface area contributed by atoms with Crippen molar-refractivity contribution in [1.29, 1.82) is 0 Å². The Labute approximate surface area is 247 Å². The van der Waals surface area contributed by atoms with E-state index in [2.05, 4.69) is 32.0 Å². The Hall–Kier alpha value is -3.83. The Morgan fingerprint density at radius 3 is 2.29 bits per heavy atom. The number of hydrogen-bond donors (Lipinski definition) is 2. The molecule has 226 valence electrons. The molecule has 5 rings (SSSR count). The highest BCUT2D eigenvalue weighted by molar-refractivity contribution is 5.98. The number of fused-ring (bicyclic) bond motifs is 1. The number of amides is 2. The van der Waals surface area contributed by atoms with Crippen molar-refractivity contribution in [1.82, 2.24) is 30.0 Å². The molecule has 0 spiro atoms. The van der Waals surface area contributed by atoms with E-state index in [1.54, 1.807) is 28.4 Å². The summed E-state index contributed by atoms with van der Waals surface area (Å²) in [6, 6.07) is 9.43. The summed E-state index contributed by atoms with van der Waals surface area (Å²) in [7, 11) is 8.56. The van der Waals surface area contributed by atoms with E-state index in [-0.39, 0.29) is 23.8 Å². The maximum absolute atomic E-state index is 13.2. The summed E-state index contributed by atoms with van der Waals surface area (Å²) in [5, 5.41) is 5.86. The molecule has 2 fully saturated rings. The van der Waals surface area contributed by atoms with Crippen molar-refractivity contribution in [3.63, 3.8) is 0 Å². The first kappa shape index (κ1) is 29.7. The minimum absolute atomic E-state index is 0.0432. The van der Waals surface area contributed by atoms with Gasteiger partial charge in [-0.15, -0.1) is 0 Å². The van der Waals surface area contributed by atoms with Crippen LogP contribution >= 0.6 is 0 Å². The van der Waals surface area contributed by atoms with Crippen LogP contribution in [-0.2, 0) is 4.79 Å². The van der Waals surface area contributed by atoms with Crippen LogP contribution < -0.4 is 24.8 Å². The molecule has 1 saturated heterocycles. The number of aromatic nitrogens is 2. The number of nitrogens with one attached hydrogen (secondary N) is 2. The van der Waals surface area contributed by atoms with Crippen molar-refractivity contribution in [2.45, 2.75) is 25.3 Å². The monoisotopic (exact) mass is 578 g/mol. The quantitative estimate of drug-likeness (QED) is 0.335. The molecule has 2 heterocycles. The van der Waals surface area contributed by atoms with Gasteiger partial charge in [-0.1, -0.05) is 0 Å². The summed E-state index contributed by atoms with van der Waals surface area (Å²) in [4.78, 5) is 35.3. The van der Waals surface area contributed by atoms with Gasteiger partial charge < -0.3 is 39.2 Å². The number of nitrogens with zero attached hydrogens (tertiary/aromatic N) is 4. The Bertz CT molecular complexity index is 1400. The average molecular weight is 579 g/mol.